The van der Waals surface area contributed by atoms with Crippen molar-refractivity contribution in [2.24, 2.45) is 0 Å². The van der Waals surface area contributed by atoms with Gasteiger partial charge in [0.1, 0.15) is 6.10 Å². The second-order valence-electron chi connectivity index (χ2n) is 5.87. The highest BCUT2D eigenvalue weighted by molar-refractivity contribution is 6.30. The molecule has 0 bridgehead atoms. The van der Waals surface area contributed by atoms with E-state index in [2.05, 4.69) is 9.88 Å². The molecule has 0 aliphatic heterocycles. The number of carboxylic acid groups (broad SMARTS) is 2. The van der Waals surface area contributed by atoms with Crippen molar-refractivity contribution < 1.29 is 24.5 Å². The number of pyridine rings is 1. The van der Waals surface area contributed by atoms with Crippen LogP contribution in [0.5, 0.6) is 0 Å². The molecule has 2 rings (SSSR count). The lowest BCUT2D eigenvalue weighted by molar-refractivity contribution is -0.134. The molecule has 0 radical (unpaired) electrons. The summed E-state index contributed by atoms with van der Waals surface area (Å²) in [5.74, 6) is -2.51. The molecule has 2 aromatic rings. The highest BCUT2D eigenvalue weighted by atomic mass is 35.5. The normalized spacial score (nSPS) is 11.7. The van der Waals surface area contributed by atoms with E-state index in [0.717, 1.165) is 22.8 Å². The van der Waals surface area contributed by atoms with E-state index in [1.165, 1.54) is 0 Å². The fraction of sp³-hybridized carbons (Fsp3) is 0.250. The van der Waals surface area contributed by atoms with Crippen LogP contribution in [0.3, 0.4) is 0 Å². The molecule has 0 saturated carbocycles. The molecule has 0 spiro atoms. The van der Waals surface area contributed by atoms with Gasteiger partial charge in [-0.3, -0.25) is 4.98 Å². The lowest BCUT2D eigenvalue weighted by Gasteiger charge is -2.19. The predicted molar refractivity (Wildman–Crippen MR) is 106 cm³/mol. The van der Waals surface area contributed by atoms with Gasteiger partial charge in [0.15, 0.2) is 0 Å². The largest absolute Gasteiger partial charge is 0.478 e. The van der Waals surface area contributed by atoms with Gasteiger partial charge in [0.25, 0.3) is 0 Å². The zero-order valence-electron chi connectivity index (χ0n) is 15.7. The minimum Gasteiger partial charge on any atom is -0.478 e. The molecule has 8 heteroatoms. The van der Waals surface area contributed by atoms with Gasteiger partial charge in [-0.25, -0.2) is 9.59 Å². The van der Waals surface area contributed by atoms with Gasteiger partial charge < -0.3 is 19.8 Å². The maximum atomic E-state index is 9.55. The second-order valence-corrected chi connectivity index (χ2v) is 6.31. The fourth-order valence-electron chi connectivity index (χ4n) is 2.02. The third kappa shape index (κ3) is 9.82. The number of carboxylic acids is 2. The number of aliphatic carboxylic acids is 2. The van der Waals surface area contributed by atoms with E-state index in [9.17, 15) is 9.59 Å². The number of rotatable bonds is 8. The minimum atomic E-state index is -1.26. The predicted octanol–water partition coefficient (Wildman–Crippen LogP) is 3.11. The summed E-state index contributed by atoms with van der Waals surface area (Å²) in [6.07, 6.45) is 2.74. The van der Waals surface area contributed by atoms with E-state index >= 15 is 0 Å². The number of carbonyl (C=O) groups is 2. The van der Waals surface area contributed by atoms with E-state index in [4.69, 9.17) is 26.6 Å². The van der Waals surface area contributed by atoms with Crippen molar-refractivity contribution >= 4 is 23.5 Å². The Balaban J connectivity index is 0.000000416. The number of halogens is 1. The van der Waals surface area contributed by atoms with Crippen molar-refractivity contribution in [1.82, 2.24) is 9.88 Å². The van der Waals surface area contributed by atoms with E-state index in [-0.39, 0.29) is 6.10 Å². The molecule has 2 N–H and O–H groups in total. The van der Waals surface area contributed by atoms with Gasteiger partial charge in [-0.1, -0.05) is 29.8 Å². The first-order chi connectivity index (χ1) is 13.3. The zero-order valence-corrected chi connectivity index (χ0v) is 16.4. The molecule has 1 atom stereocenters. The molecule has 1 unspecified atom stereocenters. The summed E-state index contributed by atoms with van der Waals surface area (Å²) in [6, 6.07) is 13.6. The molecule has 1 aromatic heterocycles. The number of aromatic nitrogens is 1. The Hall–Kier alpha value is -2.74. The molecule has 0 aliphatic rings. The average molecular weight is 407 g/mol. The third-order valence-electron chi connectivity index (χ3n) is 3.32. The van der Waals surface area contributed by atoms with Crippen molar-refractivity contribution in [3.63, 3.8) is 0 Å². The number of hydrogen-bond acceptors (Lipinski definition) is 5. The summed E-state index contributed by atoms with van der Waals surface area (Å²) < 4.78 is 6.02. The molecule has 1 aromatic carbocycles. The van der Waals surface area contributed by atoms with E-state index < -0.39 is 11.9 Å². The summed E-state index contributed by atoms with van der Waals surface area (Å²) in [5, 5.41) is 16.3. The smallest absolute Gasteiger partial charge is 0.328 e. The van der Waals surface area contributed by atoms with Gasteiger partial charge in [-0.15, -0.1) is 0 Å². The molecule has 150 valence electrons. The maximum absolute atomic E-state index is 9.55. The van der Waals surface area contributed by atoms with E-state index in [0.29, 0.717) is 18.8 Å². The van der Waals surface area contributed by atoms with Crippen molar-refractivity contribution in [2.75, 3.05) is 27.2 Å². The summed E-state index contributed by atoms with van der Waals surface area (Å²) in [5.41, 5.74) is 1.97. The first kappa shape index (κ1) is 23.3. The Labute approximate surface area is 168 Å². The summed E-state index contributed by atoms with van der Waals surface area (Å²) in [4.78, 5) is 25.6. The van der Waals surface area contributed by atoms with Crippen LogP contribution in [-0.4, -0.2) is 59.3 Å². The first-order valence-corrected chi connectivity index (χ1v) is 8.74. The standard InChI is InChI=1S/C16H19ClN2O.C4H4O4/c1-19(2)11-12-20-16(15-5-3-4-10-18-15)13-6-8-14(17)9-7-13;5-3(6)1-2-4(7)8/h3-10,16H,11-12H2,1-2H3;1-2H,(H,5,6)(H,7,8). The van der Waals surface area contributed by atoms with Crippen LogP contribution in [0.1, 0.15) is 17.4 Å². The molecule has 0 fully saturated rings. The molecule has 0 amide bonds. The lowest BCUT2D eigenvalue weighted by Crippen LogP contribution is -2.20. The Morgan fingerprint density at radius 2 is 1.71 bits per heavy atom. The van der Waals surface area contributed by atoms with Crippen molar-refractivity contribution in [3.05, 3.63) is 77.1 Å². The molecule has 7 nitrogen and oxygen atoms in total. The number of nitrogens with zero attached hydrogens (tertiary/aromatic N) is 2. The second kappa shape index (κ2) is 12.6. The van der Waals surface area contributed by atoms with Crippen LogP contribution in [0, 0.1) is 0 Å². The van der Waals surface area contributed by atoms with Crippen LogP contribution in [0.15, 0.2) is 60.8 Å². The third-order valence-corrected chi connectivity index (χ3v) is 3.57. The zero-order chi connectivity index (χ0) is 20.9. The number of ether oxygens (including phenoxy) is 1. The Morgan fingerprint density at radius 1 is 1.11 bits per heavy atom. The quantitative estimate of drug-likeness (QED) is 0.649. The van der Waals surface area contributed by atoms with Crippen LogP contribution in [-0.2, 0) is 14.3 Å². The van der Waals surface area contributed by atoms with E-state index in [1.807, 2.05) is 56.6 Å². The summed E-state index contributed by atoms with van der Waals surface area (Å²) >= 11 is 5.95. The highest BCUT2D eigenvalue weighted by Gasteiger charge is 2.15. The van der Waals surface area contributed by atoms with Crippen LogP contribution in [0.4, 0.5) is 0 Å². The fourth-order valence-corrected chi connectivity index (χ4v) is 2.14. The van der Waals surface area contributed by atoms with Crippen LogP contribution < -0.4 is 0 Å². The van der Waals surface area contributed by atoms with Crippen LogP contribution in [0.2, 0.25) is 5.02 Å². The van der Waals surface area contributed by atoms with Gasteiger partial charge in [-0.05, 0) is 43.9 Å². The van der Waals surface area contributed by atoms with Gasteiger partial charge in [0, 0.05) is 29.9 Å². The SMILES string of the molecule is CN(C)CCOC(c1ccc(Cl)cc1)c1ccccn1.O=C(O)C=CC(=O)O. The lowest BCUT2D eigenvalue weighted by atomic mass is 10.1. The van der Waals surface area contributed by atoms with Gasteiger partial charge in [0.05, 0.1) is 12.3 Å². The molecule has 1 heterocycles. The van der Waals surface area contributed by atoms with Crippen LogP contribution in [0.25, 0.3) is 0 Å². The molecular formula is C20H23ClN2O5. The Kier molecular flexibility index (Phi) is 10.5. The topological polar surface area (TPSA) is 100.0 Å². The van der Waals surface area contributed by atoms with Crippen molar-refractivity contribution in [3.8, 4) is 0 Å². The van der Waals surface area contributed by atoms with Crippen LogP contribution >= 0.6 is 11.6 Å². The summed E-state index contributed by atoms with van der Waals surface area (Å²) in [6.45, 7) is 1.52. The Bertz CT molecular complexity index is 748. The van der Waals surface area contributed by atoms with E-state index in [1.54, 1.807) is 6.20 Å². The minimum absolute atomic E-state index is 0.159. The molecule has 0 aliphatic carbocycles. The van der Waals surface area contributed by atoms with Crippen molar-refractivity contribution in [1.29, 1.82) is 0 Å². The number of benzene rings is 1. The molecular weight excluding hydrogens is 384 g/mol. The first-order valence-electron chi connectivity index (χ1n) is 8.36. The maximum Gasteiger partial charge on any atom is 0.328 e. The van der Waals surface area contributed by atoms with Crippen molar-refractivity contribution in [2.45, 2.75) is 6.10 Å². The molecule has 0 saturated heterocycles. The molecule has 28 heavy (non-hydrogen) atoms. The van der Waals surface area contributed by atoms with Gasteiger partial charge in [0.2, 0.25) is 0 Å². The number of hydrogen-bond donors (Lipinski definition) is 2. The summed E-state index contributed by atoms with van der Waals surface area (Å²) in [7, 11) is 4.06. The highest BCUT2D eigenvalue weighted by Crippen LogP contribution is 2.25. The van der Waals surface area contributed by atoms with Gasteiger partial charge in [-0.2, -0.15) is 0 Å². The average Bonchev–Trinajstić information content (AvgIpc) is 2.65. The Morgan fingerprint density at radius 3 is 2.18 bits per heavy atom. The number of likely N-dealkylation sites (N-methyl/N-ethyl adjacent to an activating group) is 1. The monoisotopic (exact) mass is 406 g/mol. The van der Waals surface area contributed by atoms with Gasteiger partial charge >= 0.3 is 11.9 Å².